The Morgan fingerprint density at radius 1 is 1.00 bits per heavy atom. The van der Waals surface area contributed by atoms with E-state index in [2.05, 4.69) is 10.6 Å². The lowest BCUT2D eigenvalue weighted by molar-refractivity contribution is -0.147. The molecule has 0 aliphatic carbocycles. The molecule has 6 nitrogen and oxygen atoms in total. The molecule has 0 aromatic rings. The monoisotopic (exact) mass is 286 g/mol. The maximum absolute atomic E-state index is 11.5. The summed E-state index contributed by atoms with van der Waals surface area (Å²) >= 11 is 0. The van der Waals surface area contributed by atoms with E-state index in [1.165, 1.54) is 0 Å². The van der Waals surface area contributed by atoms with Gasteiger partial charge in [0.2, 0.25) is 11.8 Å². The van der Waals surface area contributed by atoms with Crippen molar-refractivity contribution in [2.24, 2.45) is 5.41 Å². The van der Waals surface area contributed by atoms with Crippen molar-refractivity contribution < 1.29 is 19.1 Å². The maximum Gasteiger partial charge on any atom is 0.307 e. The molecule has 0 aliphatic rings. The Balaban J connectivity index is 3.70. The fraction of sp³-hybridized carbons (Fsp3) is 0.786. The average molecular weight is 286 g/mol. The molecule has 0 bridgehead atoms. The van der Waals surface area contributed by atoms with E-state index in [9.17, 15) is 14.4 Å². The second-order valence-corrected chi connectivity index (χ2v) is 5.89. The van der Waals surface area contributed by atoms with E-state index in [0.29, 0.717) is 6.54 Å². The number of nitrogens with one attached hydrogen (secondary N) is 2. The molecule has 0 unspecified atom stereocenters. The molecule has 2 N–H and O–H groups in total. The predicted octanol–water partition coefficient (Wildman–Crippen LogP) is 0.997. The lowest BCUT2D eigenvalue weighted by atomic mass is 9.96. The molecular formula is C14H26N2O4. The number of ether oxygens (including phenoxy) is 1. The minimum absolute atomic E-state index is 0.0918. The largest absolute Gasteiger partial charge is 0.463 e. The van der Waals surface area contributed by atoms with Crippen LogP contribution in [0.25, 0.3) is 0 Å². The number of esters is 1. The van der Waals surface area contributed by atoms with Gasteiger partial charge in [-0.05, 0) is 13.8 Å². The first-order valence-electron chi connectivity index (χ1n) is 6.87. The lowest BCUT2D eigenvalue weighted by Gasteiger charge is -2.17. The smallest absolute Gasteiger partial charge is 0.307 e. The summed E-state index contributed by atoms with van der Waals surface area (Å²) in [6.45, 7) is 9.51. The predicted molar refractivity (Wildman–Crippen MR) is 75.9 cm³/mol. The van der Waals surface area contributed by atoms with Crippen LogP contribution in [0.3, 0.4) is 0 Å². The molecule has 0 aliphatic heterocycles. The molecule has 0 aromatic carbocycles. The van der Waals surface area contributed by atoms with Crippen LogP contribution in [0.1, 0.15) is 47.5 Å². The number of hydrogen-bond acceptors (Lipinski definition) is 4. The van der Waals surface area contributed by atoms with E-state index in [1.54, 1.807) is 13.8 Å². The van der Waals surface area contributed by atoms with Gasteiger partial charge in [-0.2, -0.15) is 0 Å². The third-order valence-corrected chi connectivity index (χ3v) is 2.34. The van der Waals surface area contributed by atoms with E-state index < -0.39 is 5.41 Å². The highest BCUT2D eigenvalue weighted by Crippen LogP contribution is 2.11. The van der Waals surface area contributed by atoms with Gasteiger partial charge in [0, 0.05) is 24.9 Å². The van der Waals surface area contributed by atoms with Gasteiger partial charge in [-0.3, -0.25) is 14.4 Å². The summed E-state index contributed by atoms with van der Waals surface area (Å²) in [7, 11) is 0. The second-order valence-electron chi connectivity index (χ2n) is 5.89. The summed E-state index contributed by atoms with van der Waals surface area (Å²) in [5.41, 5.74) is -0.461. The molecule has 0 fully saturated rings. The van der Waals surface area contributed by atoms with Crippen molar-refractivity contribution in [1.82, 2.24) is 10.6 Å². The van der Waals surface area contributed by atoms with Crippen LogP contribution in [0.5, 0.6) is 0 Å². The Morgan fingerprint density at radius 2 is 1.55 bits per heavy atom. The zero-order chi connectivity index (χ0) is 15.8. The third-order valence-electron chi connectivity index (χ3n) is 2.34. The highest BCUT2D eigenvalue weighted by Gasteiger charge is 2.20. The first-order chi connectivity index (χ1) is 9.12. The quantitative estimate of drug-likeness (QED) is 0.684. The minimum atomic E-state index is -0.461. The van der Waals surface area contributed by atoms with Crippen molar-refractivity contribution in [1.29, 1.82) is 0 Å². The Bertz CT molecular complexity index is 346. The fourth-order valence-electron chi connectivity index (χ4n) is 1.27. The average Bonchev–Trinajstić information content (AvgIpc) is 2.26. The van der Waals surface area contributed by atoms with Crippen molar-refractivity contribution in [3.63, 3.8) is 0 Å². The lowest BCUT2D eigenvalue weighted by Crippen LogP contribution is -2.37. The minimum Gasteiger partial charge on any atom is -0.463 e. The third kappa shape index (κ3) is 9.35. The van der Waals surface area contributed by atoms with Crippen molar-refractivity contribution in [3.05, 3.63) is 0 Å². The van der Waals surface area contributed by atoms with Gasteiger partial charge in [0.15, 0.2) is 0 Å². The molecule has 0 heterocycles. The van der Waals surface area contributed by atoms with Crippen molar-refractivity contribution >= 4 is 17.8 Å². The number of amides is 2. The topological polar surface area (TPSA) is 84.5 Å². The van der Waals surface area contributed by atoms with E-state index in [0.717, 1.165) is 0 Å². The van der Waals surface area contributed by atoms with Crippen LogP contribution in [-0.2, 0) is 19.1 Å². The van der Waals surface area contributed by atoms with Crippen LogP contribution < -0.4 is 10.6 Å². The molecular weight excluding hydrogens is 260 g/mol. The second kappa shape index (κ2) is 8.55. The van der Waals surface area contributed by atoms with E-state index >= 15 is 0 Å². The van der Waals surface area contributed by atoms with Crippen LogP contribution in [0, 0.1) is 5.41 Å². The zero-order valence-corrected chi connectivity index (χ0v) is 13.0. The van der Waals surface area contributed by atoms with Gasteiger partial charge in [0.1, 0.15) is 0 Å². The Hall–Kier alpha value is -1.59. The maximum atomic E-state index is 11.5. The SMILES string of the molecule is CC(C)OC(=O)CCNC(=O)CCNC(=O)C(C)(C)C. The van der Waals surface area contributed by atoms with Gasteiger partial charge >= 0.3 is 5.97 Å². The summed E-state index contributed by atoms with van der Waals surface area (Å²) in [6.07, 6.45) is 0.199. The number of rotatable bonds is 7. The first kappa shape index (κ1) is 18.4. The Labute approximate surface area is 120 Å². The van der Waals surface area contributed by atoms with Gasteiger partial charge < -0.3 is 15.4 Å². The molecule has 116 valence electrons. The normalized spacial score (nSPS) is 11.1. The highest BCUT2D eigenvalue weighted by atomic mass is 16.5. The van der Waals surface area contributed by atoms with Gasteiger partial charge in [-0.1, -0.05) is 20.8 Å². The molecule has 0 rings (SSSR count). The van der Waals surface area contributed by atoms with Crippen LogP contribution in [0.2, 0.25) is 0 Å². The summed E-state index contributed by atoms with van der Waals surface area (Å²) in [5, 5.41) is 5.30. The summed E-state index contributed by atoms with van der Waals surface area (Å²) < 4.78 is 4.93. The molecule has 0 saturated heterocycles. The zero-order valence-electron chi connectivity index (χ0n) is 13.0. The summed E-state index contributed by atoms with van der Waals surface area (Å²) in [5.74, 6) is -0.622. The van der Waals surface area contributed by atoms with Gasteiger partial charge in [0.25, 0.3) is 0 Å². The molecule has 0 aromatic heterocycles. The fourth-order valence-corrected chi connectivity index (χ4v) is 1.27. The van der Waals surface area contributed by atoms with Crippen molar-refractivity contribution in [2.45, 2.75) is 53.6 Å². The van der Waals surface area contributed by atoms with Crippen LogP contribution in [0.15, 0.2) is 0 Å². The first-order valence-corrected chi connectivity index (χ1v) is 6.87. The highest BCUT2D eigenvalue weighted by molar-refractivity contribution is 5.82. The van der Waals surface area contributed by atoms with E-state index in [1.807, 2.05) is 20.8 Å². The molecule has 2 amide bonds. The standard InChI is InChI=1S/C14H26N2O4/c1-10(2)20-12(18)7-9-15-11(17)6-8-16-13(19)14(3,4)5/h10H,6-9H2,1-5H3,(H,15,17)(H,16,19). The van der Waals surface area contributed by atoms with E-state index in [4.69, 9.17) is 4.74 Å². The number of carbonyl (C=O) groups is 3. The van der Waals surface area contributed by atoms with E-state index in [-0.39, 0.29) is 43.3 Å². The van der Waals surface area contributed by atoms with Gasteiger partial charge in [-0.25, -0.2) is 0 Å². The van der Waals surface area contributed by atoms with Crippen molar-refractivity contribution in [3.8, 4) is 0 Å². The number of hydrogen-bond donors (Lipinski definition) is 2. The summed E-state index contributed by atoms with van der Waals surface area (Å²) in [6, 6.07) is 0. The van der Waals surface area contributed by atoms with Gasteiger partial charge in [0.05, 0.1) is 12.5 Å². The molecule has 20 heavy (non-hydrogen) atoms. The molecule has 0 saturated carbocycles. The number of carbonyl (C=O) groups excluding carboxylic acids is 3. The molecule has 6 heteroatoms. The Kier molecular flexibility index (Phi) is 7.87. The van der Waals surface area contributed by atoms with Crippen molar-refractivity contribution in [2.75, 3.05) is 13.1 Å². The molecule has 0 radical (unpaired) electrons. The summed E-state index contributed by atoms with van der Waals surface area (Å²) in [4.78, 5) is 34.2. The van der Waals surface area contributed by atoms with Crippen LogP contribution in [0.4, 0.5) is 0 Å². The van der Waals surface area contributed by atoms with Crippen LogP contribution >= 0.6 is 0 Å². The van der Waals surface area contributed by atoms with Gasteiger partial charge in [-0.15, -0.1) is 0 Å². The molecule has 0 spiro atoms. The van der Waals surface area contributed by atoms with Crippen LogP contribution in [-0.4, -0.2) is 37.0 Å². The molecule has 0 atom stereocenters. The Morgan fingerprint density at radius 3 is 2.05 bits per heavy atom.